The number of para-hydroxylation sites is 1. The summed E-state index contributed by atoms with van der Waals surface area (Å²) in [4.78, 5) is 10.7. The fourth-order valence-electron chi connectivity index (χ4n) is 10.1. The highest BCUT2D eigenvalue weighted by Crippen LogP contribution is 2.53. The lowest BCUT2D eigenvalue weighted by molar-refractivity contribution is 0.661. The van der Waals surface area contributed by atoms with Gasteiger partial charge < -0.3 is 8.83 Å². The van der Waals surface area contributed by atoms with Gasteiger partial charge in [-0.25, -0.2) is 9.97 Å². The number of furan rings is 2. The molecule has 0 fully saturated rings. The minimum Gasteiger partial charge on any atom is -0.456 e. The number of aromatic nitrogens is 2. The molecule has 0 saturated carbocycles. The molecule has 0 spiro atoms. The average Bonchev–Trinajstić information content (AvgIpc) is 3.93. The van der Waals surface area contributed by atoms with Crippen LogP contribution < -0.4 is 0 Å². The van der Waals surface area contributed by atoms with Crippen molar-refractivity contribution in [3.8, 4) is 56.2 Å². The van der Waals surface area contributed by atoms with E-state index in [0.717, 1.165) is 93.9 Å². The first-order chi connectivity index (χ1) is 30.0. The maximum absolute atomic E-state index is 6.45. The van der Waals surface area contributed by atoms with Crippen LogP contribution in [-0.4, -0.2) is 9.97 Å². The normalized spacial score (nSPS) is 13.2. The van der Waals surface area contributed by atoms with Crippen molar-refractivity contribution >= 4 is 65.4 Å². The summed E-state index contributed by atoms with van der Waals surface area (Å²) in [6, 6.07) is 64.7. The maximum Gasteiger partial charge on any atom is 0.160 e. The van der Waals surface area contributed by atoms with Gasteiger partial charge in [0.15, 0.2) is 5.82 Å². The van der Waals surface area contributed by atoms with E-state index in [-0.39, 0.29) is 5.41 Å². The van der Waals surface area contributed by atoms with Crippen molar-refractivity contribution in [2.75, 3.05) is 0 Å². The molecule has 0 bridgehead atoms. The lowest BCUT2D eigenvalue weighted by atomic mass is 9.81. The van der Waals surface area contributed by atoms with Gasteiger partial charge >= 0.3 is 0 Å². The Morgan fingerprint density at radius 1 is 0.361 bits per heavy atom. The molecule has 1 aliphatic carbocycles. The first-order valence-corrected chi connectivity index (χ1v) is 20.9. The third kappa shape index (κ3) is 5.06. The highest BCUT2D eigenvalue weighted by Gasteiger charge is 2.37. The van der Waals surface area contributed by atoms with Gasteiger partial charge in [0.25, 0.3) is 0 Å². The summed E-state index contributed by atoms with van der Waals surface area (Å²) in [6.07, 6.45) is 0. The molecule has 0 aliphatic heterocycles. The third-order valence-corrected chi connectivity index (χ3v) is 13.1. The number of hydrogen-bond acceptors (Lipinski definition) is 4. The quantitative estimate of drug-likeness (QED) is 0.178. The van der Waals surface area contributed by atoms with Crippen molar-refractivity contribution in [1.82, 2.24) is 9.97 Å². The first kappa shape index (κ1) is 34.1. The molecule has 0 radical (unpaired) electrons. The Morgan fingerprint density at radius 2 is 0.967 bits per heavy atom. The van der Waals surface area contributed by atoms with E-state index in [9.17, 15) is 0 Å². The molecule has 61 heavy (non-hydrogen) atoms. The highest BCUT2D eigenvalue weighted by atomic mass is 16.3. The molecule has 12 aromatic rings. The number of hydrogen-bond donors (Lipinski definition) is 0. The van der Waals surface area contributed by atoms with Crippen LogP contribution in [0.1, 0.15) is 25.0 Å². The van der Waals surface area contributed by atoms with Crippen molar-refractivity contribution in [2.45, 2.75) is 19.3 Å². The van der Waals surface area contributed by atoms with Gasteiger partial charge in [-0.2, -0.15) is 0 Å². The molecule has 4 heteroatoms. The van der Waals surface area contributed by atoms with Crippen molar-refractivity contribution in [3.63, 3.8) is 0 Å². The van der Waals surface area contributed by atoms with Crippen LogP contribution in [0.25, 0.3) is 122 Å². The molecule has 0 N–H and O–H groups in total. The standard InChI is InChI=1S/C57H36N2O2/c1-57(2)47-21-12-20-42(55(47)46-27-34-15-6-7-16-35(34)29-48(46)57)50-32-49(58-56(59-50)33-13-4-3-5-14-33)40-25-24-37(38-17-8-9-18-39(38)40)36-23-26-52-43(28-36)45-31-53-44(30-54(45)61-52)41-19-10-11-22-51(41)60-53/h3-32H,1-2H3. The summed E-state index contributed by atoms with van der Waals surface area (Å²) < 4.78 is 12.7. The van der Waals surface area contributed by atoms with Gasteiger partial charge in [-0.3, -0.25) is 0 Å². The number of rotatable bonds is 4. The maximum atomic E-state index is 6.45. The molecule has 13 rings (SSSR count). The first-order valence-electron chi connectivity index (χ1n) is 20.9. The molecule has 4 nitrogen and oxygen atoms in total. The Kier molecular flexibility index (Phi) is 7.04. The zero-order valence-corrected chi connectivity index (χ0v) is 33.5. The van der Waals surface area contributed by atoms with Gasteiger partial charge in [0.2, 0.25) is 0 Å². The van der Waals surface area contributed by atoms with Crippen LogP contribution in [0.15, 0.2) is 191 Å². The molecule has 1 aliphatic rings. The molecule has 0 unspecified atom stereocenters. The summed E-state index contributed by atoms with van der Waals surface area (Å²) >= 11 is 0. The molecule has 3 heterocycles. The molecule has 3 aromatic heterocycles. The lowest BCUT2D eigenvalue weighted by Gasteiger charge is -2.22. The summed E-state index contributed by atoms with van der Waals surface area (Å²) in [5.41, 5.74) is 15.7. The molecular formula is C57H36N2O2. The van der Waals surface area contributed by atoms with Crippen LogP contribution in [0.3, 0.4) is 0 Å². The monoisotopic (exact) mass is 780 g/mol. The smallest absolute Gasteiger partial charge is 0.160 e. The average molecular weight is 781 g/mol. The van der Waals surface area contributed by atoms with E-state index < -0.39 is 0 Å². The molecular weight excluding hydrogens is 745 g/mol. The fourth-order valence-corrected chi connectivity index (χ4v) is 10.1. The van der Waals surface area contributed by atoms with Crippen molar-refractivity contribution < 1.29 is 8.83 Å². The number of fused-ring (bicyclic) bond motifs is 11. The van der Waals surface area contributed by atoms with E-state index in [2.05, 4.69) is 172 Å². The van der Waals surface area contributed by atoms with Crippen LogP contribution in [0, 0.1) is 0 Å². The molecule has 0 amide bonds. The van der Waals surface area contributed by atoms with Crippen LogP contribution in [-0.2, 0) is 5.41 Å². The largest absolute Gasteiger partial charge is 0.456 e. The van der Waals surface area contributed by atoms with Gasteiger partial charge in [-0.15, -0.1) is 0 Å². The summed E-state index contributed by atoms with van der Waals surface area (Å²) in [5, 5.41) is 9.03. The SMILES string of the molecule is CC1(C)c2cc3ccccc3cc2-c2c(-c3cc(-c4ccc(-c5ccc6oc7cc8c(cc7c6c5)oc5ccccc58)c5ccccc45)nc(-c4ccccc4)n3)cccc21. The van der Waals surface area contributed by atoms with E-state index in [4.69, 9.17) is 18.8 Å². The minimum absolute atomic E-state index is 0.166. The second-order valence-corrected chi connectivity index (χ2v) is 16.9. The molecule has 9 aromatic carbocycles. The van der Waals surface area contributed by atoms with Gasteiger partial charge in [0, 0.05) is 43.7 Å². The predicted octanol–water partition coefficient (Wildman–Crippen LogP) is 15.6. The zero-order chi connectivity index (χ0) is 40.4. The lowest BCUT2D eigenvalue weighted by Crippen LogP contribution is -2.14. The molecule has 286 valence electrons. The fraction of sp³-hybridized carbons (Fsp3) is 0.0526. The molecule has 0 atom stereocenters. The van der Waals surface area contributed by atoms with Gasteiger partial charge in [-0.1, -0.05) is 147 Å². The van der Waals surface area contributed by atoms with Crippen LogP contribution in [0.2, 0.25) is 0 Å². The summed E-state index contributed by atoms with van der Waals surface area (Å²) in [5.74, 6) is 0.700. The predicted molar refractivity (Wildman–Crippen MR) is 251 cm³/mol. The summed E-state index contributed by atoms with van der Waals surface area (Å²) in [6.45, 7) is 4.69. The van der Waals surface area contributed by atoms with E-state index in [0.29, 0.717) is 5.82 Å². The Hall–Kier alpha value is -7.82. The van der Waals surface area contributed by atoms with E-state index in [1.165, 1.54) is 33.0 Å². The zero-order valence-electron chi connectivity index (χ0n) is 33.5. The minimum atomic E-state index is -0.166. The van der Waals surface area contributed by atoms with Crippen molar-refractivity contribution in [3.05, 3.63) is 193 Å². The van der Waals surface area contributed by atoms with E-state index in [1.54, 1.807) is 0 Å². The number of nitrogens with zero attached hydrogens (tertiary/aromatic N) is 2. The number of benzene rings is 9. The Bertz CT molecular complexity index is 3800. The second-order valence-electron chi connectivity index (χ2n) is 16.9. The van der Waals surface area contributed by atoms with E-state index >= 15 is 0 Å². The van der Waals surface area contributed by atoms with Crippen LogP contribution in [0.4, 0.5) is 0 Å². The third-order valence-electron chi connectivity index (χ3n) is 13.1. The van der Waals surface area contributed by atoms with Crippen LogP contribution in [0.5, 0.6) is 0 Å². The van der Waals surface area contributed by atoms with Crippen molar-refractivity contribution in [1.29, 1.82) is 0 Å². The van der Waals surface area contributed by atoms with Crippen LogP contribution >= 0.6 is 0 Å². The second kappa shape index (κ2) is 12.6. The van der Waals surface area contributed by atoms with Gasteiger partial charge in [0.1, 0.15) is 22.3 Å². The van der Waals surface area contributed by atoms with Crippen molar-refractivity contribution in [2.24, 2.45) is 0 Å². The van der Waals surface area contributed by atoms with E-state index in [1.807, 2.05) is 24.3 Å². The van der Waals surface area contributed by atoms with Gasteiger partial charge in [0.05, 0.1) is 11.4 Å². The molecule has 0 saturated heterocycles. The van der Waals surface area contributed by atoms with Gasteiger partial charge in [-0.05, 0) is 103 Å². The Balaban J connectivity index is 0.991. The topological polar surface area (TPSA) is 52.1 Å². The summed E-state index contributed by atoms with van der Waals surface area (Å²) in [7, 11) is 0. The Labute approximate surface area is 351 Å². The highest BCUT2D eigenvalue weighted by molar-refractivity contribution is 6.16. The Morgan fingerprint density at radius 3 is 1.75 bits per heavy atom.